The van der Waals surface area contributed by atoms with Gasteiger partial charge in [-0.05, 0) is 105 Å². The second-order valence-electron chi connectivity index (χ2n) is 16.6. The molecule has 0 amide bonds. The average Bonchev–Trinajstić information content (AvgIpc) is 3.32. The molecule has 6 nitrogen and oxygen atoms in total. The Labute approximate surface area is 229 Å². The van der Waals surface area contributed by atoms with Crippen LogP contribution in [0.3, 0.4) is 0 Å². The summed E-state index contributed by atoms with van der Waals surface area (Å²) in [7, 11) is 0. The molecule has 0 aromatic rings. The summed E-state index contributed by atoms with van der Waals surface area (Å²) < 4.78 is 13.8. The van der Waals surface area contributed by atoms with Gasteiger partial charge < -0.3 is 24.8 Å². The monoisotopic (exact) mass is 529 g/mol. The van der Waals surface area contributed by atoms with E-state index in [2.05, 4.69) is 34.6 Å². The van der Waals surface area contributed by atoms with Gasteiger partial charge in [0.25, 0.3) is 0 Å². The SMILES string of the molecule is CC1=NC23OC([C@H](O)C(C)(C)O)C[C@@H](C)[C@@H]2C2(C)CCC45CC46CCC(O)C(C)(C)[C@@H]6CCC5[C@]2(C)C3O1. The summed E-state index contributed by atoms with van der Waals surface area (Å²) in [5.41, 5.74) is -1.50. The zero-order chi connectivity index (χ0) is 27.5. The number of hydrogen-bond acceptors (Lipinski definition) is 6. The highest BCUT2D eigenvalue weighted by atomic mass is 16.6. The van der Waals surface area contributed by atoms with Crippen LogP contribution in [0.5, 0.6) is 0 Å². The van der Waals surface area contributed by atoms with Gasteiger partial charge in [0.15, 0.2) is 12.0 Å². The van der Waals surface area contributed by atoms with Gasteiger partial charge in [0, 0.05) is 18.3 Å². The second-order valence-corrected chi connectivity index (χ2v) is 16.6. The molecule has 1 saturated heterocycles. The maximum absolute atomic E-state index is 11.2. The van der Waals surface area contributed by atoms with Crippen molar-refractivity contribution in [2.45, 2.75) is 142 Å². The number of nitrogens with zero attached hydrogens (tertiary/aromatic N) is 1. The lowest BCUT2D eigenvalue weighted by molar-refractivity contribution is -0.241. The molecule has 6 fully saturated rings. The molecular formula is C32H51NO5. The molecule has 0 aromatic carbocycles. The highest BCUT2D eigenvalue weighted by Gasteiger charge is 2.88. The minimum Gasteiger partial charge on any atom is -0.472 e. The van der Waals surface area contributed by atoms with Crippen molar-refractivity contribution < 1.29 is 24.8 Å². The molecule has 2 heterocycles. The molecule has 0 aromatic heterocycles. The third-order valence-electron chi connectivity index (χ3n) is 14.5. The van der Waals surface area contributed by atoms with E-state index in [-0.39, 0.29) is 34.4 Å². The van der Waals surface area contributed by atoms with Crippen molar-refractivity contribution in [2.75, 3.05) is 0 Å². The largest absolute Gasteiger partial charge is 0.472 e. The van der Waals surface area contributed by atoms with Gasteiger partial charge in [-0.25, -0.2) is 4.99 Å². The molecule has 7 rings (SSSR count). The molecule has 5 aliphatic carbocycles. The molecule has 0 radical (unpaired) electrons. The maximum Gasteiger partial charge on any atom is 0.203 e. The Balaban J connectivity index is 1.33. The van der Waals surface area contributed by atoms with Crippen molar-refractivity contribution in [3.05, 3.63) is 0 Å². The van der Waals surface area contributed by atoms with Gasteiger partial charge in [0.1, 0.15) is 6.10 Å². The topological polar surface area (TPSA) is 91.5 Å². The summed E-state index contributed by atoms with van der Waals surface area (Å²) in [6.07, 6.45) is 7.06. The molecule has 7 aliphatic rings. The van der Waals surface area contributed by atoms with E-state index < -0.39 is 23.5 Å². The van der Waals surface area contributed by atoms with Crippen LogP contribution in [0, 0.1) is 50.7 Å². The van der Waals surface area contributed by atoms with Gasteiger partial charge in [0.05, 0.1) is 17.8 Å². The molecule has 214 valence electrons. The zero-order valence-corrected chi connectivity index (χ0v) is 24.9. The van der Waals surface area contributed by atoms with Crippen molar-refractivity contribution in [1.29, 1.82) is 0 Å². The molecule has 0 bridgehead atoms. The lowest BCUT2D eigenvalue weighted by Crippen LogP contribution is -2.60. The van der Waals surface area contributed by atoms with Crippen LogP contribution >= 0.6 is 0 Å². The van der Waals surface area contributed by atoms with E-state index in [0.717, 1.165) is 25.7 Å². The number of rotatable bonds is 2. The number of ether oxygens (including phenoxy) is 2. The van der Waals surface area contributed by atoms with Crippen LogP contribution in [-0.2, 0) is 9.47 Å². The summed E-state index contributed by atoms with van der Waals surface area (Å²) in [6, 6.07) is 0. The summed E-state index contributed by atoms with van der Waals surface area (Å²) in [5.74, 6) is 2.33. The highest BCUT2D eigenvalue weighted by molar-refractivity contribution is 5.76. The Morgan fingerprint density at radius 3 is 2.34 bits per heavy atom. The van der Waals surface area contributed by atoms with Crippen molar-refractivity contribution in [3.63, 3.8) is 0 Å². The molecule has 8 unspecified atom stereocenters. The van der Waals surface area contributed by atoms with Crippen LogP contribution in [0.4, 0.5) is 0 Å². The predicted molar refractivity (Wildman–Crippen MR) is 145 cm³/mol. The molecule has 2 aliphatic heterocycles. The molecule has 5 saturated carbocycles. The normalized spacial score (nSPS) is 58.7. The van der Waals surface area contributed by atoms with Gasteiger partial charge in [-0.1, -0.05) is 34.6 Å². The van der Waals surface area contributed by atoms with Crippen LogP contribution in [0.25, 0.3) is 0 Å². The number of aliphatic hydroxyl groups is 3. The van der Waals surface area contributed by atoms with Crippen LogP contribution in [-0.4, -0.2) is 57.0 Å². The molecule has 6 heteroatoms. The Bertz CT molecular complexity index is 1080. The minimum absolute atomic E-state index is 0.0160. The fourth-order valence-corrected chi connectivity index (χ4v) is 12.9. The average molecular weight is 530 g/mol. The first-order valence-electron chi connectivity index (χ1n) is 15.5. The lowest BCUT2D eigenvalue weighted by Gasteiger charge is -2.63. The van der Waals surface area contributed by atoms with Gasteiger partial charge >= 0.3 is 0 Å². The minimum atomic E-state index is -1.25. The molecular weight excluding hydrogens is 478 g/mol. The standard InChI is InChI=1S/C32H51NO5/c1-17-15-19(24(35)27(5,6)36)38-32-23(17)28(7)13-14-31-16-30(31)12-11-22(34)26(3,4)20(30)9-10-21(31)29(28,8)25(32)37-18(2)33-32/h17,19-25,34-36H,9-16H2,1-8H3/t17-,19?,20+,21?,22?,23-,24+,25?,28?,29-,30?,31?,32?/m1/s1. The van der Waals surface area contributed by atoms with E-state index in [0.29, 0.717) is 34.5 Å². The Morgan fingerprint density at radius 2 is 1.66 bits per heavy atom. The fraction of sp³-hybridized carbons (Fsp3) is 0.969. The van der Waals surface area contributed by atoms with Crippen molar-refractivity contribution >= 4 is 5.90 Å². The Hall–Kier alpha value is -0.690. The van der Waals surface area contributed by atoms with E-state index in [4.69, 9.17) is 14.5 Å². The van der Waals surface area contributed by atoms with E-state index in [1.807, 2.05) is 6.92 Å². The van der Waals surface area contributed by atoms with Gasteiger partial charge in [-0.2, -0.15) is 0 Å². The summed E-state index contributed by atoms with van der Waals surface area (Å²) in [4.78, 5) is 5.22. The van der Waals surface area contributed by atoms with Crippen LogP contribution in [0.1, 0.15) is 107 Å². The maximum atomic E-state index is 11.2. The number of aliphatic hydroxyl groups excluding tert-OH is 2. The first kappa shape index (κ1) is 26.2. The second kappa shape index (κ2) is 7.20. The van der Waals surface area contributed by atoms with Crippen molar-refractivity contribution in [3.8, 4) is 0 Å². The third kappa shape index (κ3) is 2.65. The van der Waals surface area contributed by atoms with E-state index in [1.165, 1.54) is 25.7 Å². The Morgan fingerprint density at radius 1 is 1.00 bits per heavy atom. The van der Waals surface area contributed by atoms with Crippen molar-refractivity contribution in [2.24, 2.45) is 55.7 Å². The number of hydrogen-bond donors (Lipinski definition) is 3. The van der Waals surface area contributed by atoms with Crippen LogP contribution in [0.15, 0.2) is 4.99 Å². The third-order valence-corrected chi connectivity index (χ3v) is 14.5. The van der Waals surface area contributed by atoms with Gasteiger partial charge in [0.2, 0.25) is 5.72 Å². The van der Waals surface area contributed by atoms with Crippen molar-refractivity contribution in [1.82, 2.24) is 0 Å². The van der Waals surface area contributed by atoms with E-state index in [9.17, 15) is 15.3 Å². The summed E-state index contributed by atoms with van der Waals surface area (Å²) >= 11 is 0. The van der Waals surface area contributed by atoms with Gasteiger partial charge in [-0.15, -0.1) is 0 Å². The zero-order valence-electron chi connectivity index (χ0n) is 24.9. The van der Waals surface area contributed by atoms with Gasteiger partial charge in [-0.3, -0.25) is 0 Å². The van der Waals surface area contributed by atoms with E-state index >= 15 is 0 Å². The first-order chi connectivity index (χ1) is 17.5. The molecule has 13 atom stereocenters. The highest BCUT2D eigenvalue weighted by Crippen LogP contribution is 2.90. The number of aliphatic imine (C=N–C) groups is 1. The smallest absolute Gasteiger partial charge is 0.203 e. The molecule has 3 spiro atoms. The summed E-state index contributed by atoms with van der Waals surface area (Å²) in [6.45, 7) is 17.3. The lowest BCUT2D eigenvalue weighted by atomic mass is 9.41. The van der Waals surface area contributed by atoms with E-state index in [1.54, 1.807) is 13.8 Å². The predicted octanol–water partition coefficient (Wildman–Crippen LogP) is 5.08. The fourth-order valence-electron chi connectivity index (χ4n) is 12.9. The quantitative estimate of drug-likeness (QED) is 0.464. The van der Waals surface area contributed by atoms with Crippen LogP contribution < -0.4 is 0 Å². The number of fused-ring (bicyclic) bond motifs is 4. The first-order valence-corrected chi connectivity index (χ1v) is 15.5. The molecule has 3 N–H and O–H groups in total. The summed E-state index contributed by atoms with van der Waals surface area (Å²) in [5, 5.41) is 32.9. The molecule has 38 heavy (non-hydrogen) atoms. The Kier molecular flexibility index (Phi) is 4.97. The van der Waals surface area contributed by atoms with Crippen LogP contribution in [0.2, 0.25) is 0 Å².